The monoisotopic (exact) mass is 378 g/mol. The van der Waals surface area contributed by atoms with Gasteiger partial charge in [0, 0.05) is 12.8 Å². The third-order valence-electron chi connectivity index (χ3n) is 6.91. The highest BCUT2D eigenvalue weighted by atomic mass is 16.6. The van der Waals surface area contributed by atoms with Crippen molar-refractivity contribution in [2.24, 2.45) is 23.7 Å². The van der Waals surface area contributed by atoms with Gasteiger partial charge in [-0.15, -0.1) is 0 Å². The lowest BCUT2D eigenvalue weighted by molar-refractivity contribution is -0.145. The van der Waals surface area contributed by atoms with Crippen molar-refractivity contribution in [3.63, 3.8) is 0 Å². The van der Waals surface area contributed by atoms with Crippen LogP contribution in [-0.4, -0.2) is 31.4 Å². The highest BCUT2D eigenvalue weighted by Gasteiger charge is 2.43. The van der Waals surface area contributed by atoms with Crippen LogP contribution in [0.5, 0.6) is 0 Å². The number of unbranched alkanes of at least 4 members (excludes halogenated alkanes) is 1. The molecule has 2 saturated carbocycles. The molecule has 3 fully saturated rings. The van der Waals surface area contributed by atoms with Crippen molar-refractivity contribution < 1.29 is 19.0 Å². The highest BCUT2D eigenvalue weighted by molar-refractivity contribution is 5.69. The minimum absolute atomic E-state index is 0.0642. The largest absolute Gasteiger partial charge is 0.498 e. The van der Waals surface area contributed by atoms with Crippen LogP contribution in [0.3, 0.4) is 0 Å². The number of hydrogen-bond acceptors (Lipinski definition) is 4. The number of epoxide rings is 1. The molecule has 0 amide bonds. The van der Waals surface area contributed by atoms with Gasteiger partial charge < -0.3 is 14.2 Å². The summed E-state index contributed by atoms with van der Waals surface area (Å²) < 4.78 is 16.9. The van der Waals surface area contributed by atoms with Gasteiger partial charge in [-0.3, -0.25) is 4.79 Å². The van der Waals surface area contributed by atoms with Crippen LogP contribution in [0, 0.1) is 23.7 Å². The van der Waals surface area contributed by atoms with Crippen molar-refractivity contribution in [1.29, 1.82) is 0 Å². The first-order valence-electron chi connectivity index (χ1n) is 11.1. The van der Waals surface area contributed by atoms with Crippen molar-refractivity contribution in [1.82, 2.24) is 0 Å². The number of carbonyl (C=O) groups excluding carboxylic acids is 1. The third kappa shape index (κ3) is 6.81. The van der Waals surface area contributed by atoms with Gasteiger partial charge in [0.1, 0.15) is 0 Å². The van der Waals surface area contributed by atoms with Crippen LogP contribution in [0.15, 0.2) is 12.3 Å². The van der Waals surface area contributed by atoms with Crippen LogP contribution < -0.4 is 0 Å². The molecule has 1 saturated heterocycles. The Morgan fingerprint density at radius 3 is 2.37 bits per heavy atom. The van der Waals surface area contributed by atoms with Gasteiger partial charge in [-0.1, -0.05) is 26.8 Å². The first kappa shape index (κ1) is 20.7. The minimum Gasteiger partial charge on any atom is -0.498 e. The molecule has 0 spiro atoms. The number of fused-ring (bicyclic) bond motifs is 1. The summed E-state index contributed by atoms with van der Waals surface area (Å²) in [5.41, 5.74) is 0. The first-order chi connectivity index (χ1) is 13.0. The Bertz CT molecular complexity index is 503. The second-order valence-electron chi connectivity index (χ2n) is 9.27. The van der Waals surface area contributed by atoms with E-state index >= 15 is 0 Å². The van der Waals surface area contributed by atoms with Gasteiger partial charge in [0.25, 0.3) is 0 Å². The Labute approximate surface area is 165 Å². The molecule has 154 valence electrons. The summed E-state index contributed by atoms with van der Waals surface area (Å²) in [7, 11) is 0. The lowest BCUT2D eigenvalue weighted by Gasteiger charge is -2.32. The summed E-state index contributed by atoms with van der Waals surface area (Å²) in [6.07, 6.45) is 11.3. The maximum absolute atomic E-state index is 11.9. The van der Waals surface area contributed by atoms with Crippen LogP contribution in [0.1, 0.15) is 78.1 Å². The van der Waals surface area contributed by atoms with Crippen LogP contribution in [-0.2, 0) is 19.0 Å². The highest BCUT2D eigenvalue weighted by Crippen LogP contribution is 2.39. The van der Waals surface area contributed by atoms with E-state index < -0.39 is 0 Å². The first-order valence-corrected chi connectivity index (χ1v) is 11.1. The van der Waals surface area contributed by atoms with E-state index in [1.54, 1.807) is 0 Å². The van der Waals surface area contributed by atoms with Gasteiger partial charge in [-0.05, 0) is 68.6 Å². The zero-order valence-corrected chi connectivity index (χ0v) is 17.3. The molecule has 0 N–H and O–H groups in total. The van der Waals surface area contributed by atoms with E-state index in [4.69, 9.17) is 14.2 Å². The Hall–Kier alpha value is -1.03. The summed E-state index contributed by atoms with van der Waals surface area (Å²) in [6.45, 7) is 10.1. The number of allylic oxidation sites excluding steroid dienone is 1. The minimum atomic E-state index is -0.0642. The number of rotatable bonds is 10. The second-order valence-corrected chi connectivity index (χ2v) is 9.27. The molecule has 0 bridgehead atoms. The average molecular weight is 379 g/mol. The molecule has 6 atom stereocenters. The Balaban J connectivity index is 1.17. The lowest BCUT2D eigenvalue weighted by atomic mass is 9.76. The molecule has 1 heterocycles. The second kappa shape index (κ2) is 9.95. The van der Waals surface area contributed by atoms with Gasteiger partial charge in [-0.25, -0.2) is 0 Å². The SMILES string of the molecule is C=C(CCCCC(=O)OCC1CCC2OC2C1)OCC1CCC(C)C(C)C1. The summed E-state index contributed by atoms with van der Waals surface area (Å²) in [5, 5.41) is 0. The molecule has 0 radical (unpaired) electrons. The predicted molar refractivity (Wildman–Crippen MR) is 106 cm³/mol. The predicted octanol–water partition coefficient (Wildman–Crippen LogP) is 5.26. The van der Waals surface area contributed by atoms with Crippen LogP contribution >= 0.6 is 0 Å². The molecule has 3 aliphatic rings. The molecular formula is C23H38O4. The van der Waals surface area contributed by atoms with Crippen LogP contribution in [0.25, 0.3) is 0 Å². The molecule has 6 unspecified atom stereocenters. The van der Waals surface area contributed by atoms with Gasteiger partial charge >= 0.3 is 5.97 Å². The summed E-state index contributed by atoms with van der Waals surface area (Å²) in [5.74, 6) is 3.64. The summed E-state index contributed by atoms with van der Waals surface area (Å²) in [4.78, 5) is 11.9. The summed E-state index contributed by atoms with van der Waals surface area (Å²) in [6, 6.07) is 0. The quantitative estimate of drug-likeness (QED) is 0.225. The fraction of sp³-hybridized carbons (Fsp3) is 0.870. The van der Waals surface area contributed by atoms with Gasteiger partial charge in [0.05, 0.1) is 31.2 Å². The fourth-order valence-corrected chi connectivity index (χ4v) is 4.63. The molecule has 0 aromatic heterocycles. The topological polar surface area (TPSA) is 48.1 Å². The molecule has 1 aliphatic heterocycles. The third-order valence-corrected chi connectivity index (χ3v) is 6.91. The molecule has 2 aliphatic carbocycles. The van der Waals surface area contributed by atoms with Crippen LogP contribution in [0.4, 0.5) is 0 Å². The molecule has 4 nitrogen and oxygen atoms in total. The van der Waals surface area contributed by atoms with E-state index in [1.807, 2.05) is 0 Å². The molecule has 0 aromatic carbocycles. The van der Waals surface area contributed by atoms with Crippen molar-refractivity contribution in [2.75, 3.05) is 13.2 Å². The van der Waals surface area contributed by atoms with Crippen LogP contribution in [0.2, 0.25) is 0 Å². The number of carbonyl (C=O) groups is 1. The molecule has 27 heavy (non-hydrogen) atoms. The van der Waals surface area contributed by atoms with Gasteiger partial charge in [-0.2, -0.15) is 0 Å². The van der Waals surface area contributed by atoms with E-state index in [9.17, 15) is 4.79 Å². The van der Waals surface area contributed by atoms with E-state index in [-0.39, 0.29) is 5.97 Å². The Morgan fingerprint density at radius 2 is 1.59 bits per heavy atom. The van der Waals surface area contributed by atoms with Crippen molar-refractivity contribution >= 4 is 5.97 Å². The van der Waals surface area contributed by atoms with E-state index in [0.29, 0.717) is 37.1 Å². The molecule has 0 aromatic rings. The Kier molecular flexibility index (Phi) is 7.63. The van der Waals surface area contributed by atoms with Crippen molar-refractivity contribution in [3.05, 3.63) is 12.3 Å². The van der Waals surface area contributed by atoms with Crippen molar-refractivity contribution in [3.8, 4) is 0 Å². The molecule has 4 heteroatoms. The fourth-order valence-electron chi connectivity index (χ4n) is 4.63. The maximum atomic E-state index is 11.9. The maximum Gasteiger partial charge on any atom is 0.305 e. The normalized spacial score (nSPS) is 35.2. The number of hydrogen-bond donors (Lipinski definition) is 0. The smallest absolute Gasteiger partial charge is 0.305 e. The number of esters is 1. The molecular weight excluding hydrogens is 340 g/mol. The van der Waals surface area contributed by atoms with E-state index in [1.165, 1.54) is 19.3 Å². The standard InChI is InChI=1S/C23H38O4/c1-16-8-9-19(12-17(16)2)14-25-18(3)6-4-5-7-23(24)26-15-20-10-11-21-22(13-20)27-21/h16-17,19-22H,3-15H2,1-2H3. The zero-order valence-electron chi connectivity index (χ0n) is 17.3. The van der Waals surface area contributed by atoms with Gasteiger partial charge in [0.2, 0.25) is 0 Å². The van der Waals surface area contributed by atoms with Gasteiger partial charge in [0.15, 0.2) is 0 Å². The Morgan fingerprint density at radius 1 is 0.889 bits per heavy atom. The van der Waals surface area contributed by atoms with Crippen molar-refractivity contribution in [2.45, 2.75) is 90.3 Å². The zero-order chi connectivity index (χ0) is 19.2. The summed E-state index contributed by atoms with van der Waals surface area (Å²) >= 11 is 0. The average Bonchev–Trinajstić information content (AvgIpc) is 3.43. The number of ether oxygens (including phenoxy) is 3. The van der Waals surface area contributed by atoms with E-state index in [2.05, 4.69) is 20.4 Å². The lowest BCUT2D eigenvalue weighted by Crippen LogP contribution is -2.23. The van der Waals surface area contributed by atoms with E-state index in [0.717, 1.165) is 62.7 Å². The molecule has 3 rings (SSSR count).